The van der Waals surface area contributed by atoms with Gasteiger partial charge in [0.05, 0.1) is 6.10 Å². The minimum atomic E-state index is -0.524. The zero-order valence-electron chi connectivity index (χ0n) is 10.1. The van der Waals surface area contributed by atoms with Gasteiger partial charge in [-0.1, -0.05) is 53.0 Å². The Morgan fingerprint density at radius 1 is 0.895 bits per heavy atom. The second-order valence-corrected chi connectivity index (χ2v) is 5.62. The third kappa shape index (κ3) is 4.12. The third-order valence-corrected chi connectivity index (χ3v) is 3.80. The molecule has 19 heavy (non-hydrogen) atoms. The second kappa shape index (κ2) is 6.62. The van der Waals surface area contributed by atoms with E-state index in [1.165, 1.54) is 0 Å². The van der Waals surface area contributed by atoms with Crippen molar-refractivity contribution in [1.29, 1.82) is 0 Å². The molecule has 0 saturated carbocycles. The number of benzene rings is 2. The lowest BCUT2D eigenvalue weighted by atomic mass is 10.0. The summed E-state index contributed by atoms with van der Waals surface area (Å²) in [5.74, 6) is 0. The average Bonchev–Trinajstić information content (AvgIpc) is 2.38. The zero-order valence-corrected chi connectivity index (χ0v) is 12.4. The molecule has 0 aliphatic carbocycles. The Kier molecular flexibility index (Phi) is 5.12. The van der Waals surface area contributed by atoms with Gasteiger partial charge in [-0.3, -0.25) is 0 Å². The van der Waals surface area contributed by atoms with E-state index in [2.05, 4.69) is 0 Å². The van der Waals surface area contributed by atoms with Crippen molar-refractivity contribution >= 4 is 34.8 Å². The van der Waals surface area contributed by atoms with E-state index >= 15 is 0 Å². The summed E-state index contributed by atoms with van der Waals surface area (Å²) in [5, 5.41) is 12.0. The minimum absolute atomic E-state index is 0.524. The molecular weight excluding hydrogens is 303 g/mol. The van der Waals surface area contributed by atoms with Crippen molar-refractivity contribution in [2.75, 3.05) is 0 Å². The predicted molar refractivity (Wildman–Crippen MR) is 81.2 cm³/mol. The number of rotatable bonds is 4. The first kappa shape index (κ1) is 14.7. The largest absolute Gasteiger partial charge is 0.388 e. The van der Waals surface area contributed by atoms with E-state index in [0.717, 1.165) is 11.1 Å². The van der Waals surface area contributed by atoms with Gasteiger partial charge < -0.3 is 5.11 Å². The van der Waals surface area contributed by atoms with Crippen molar-refractivity contribution < 1.29 is 5.11 Å². The number of aliphatic hydroxyl groups excluding tert-OH is 1. The summed E-state index contributed by atoms with van der Waals surface area (Å²) in [7, 11) is 0. The molecule has 0 aromatic heterocycles. The summed E-state index contributed by atoms with van der Waals surface area (Å²) in [6.07, 6.45) is 0.770. The fourth-order valence-electron chi connectivity index (χ4n) is 1.87. The normalized spacial score (nSPS) is 12.4. The molecule has 2 aromatic rings. The Morgan fingerprint density at radius 3 is 2.16 bits per heavy atom. The number of halogens is 3. The molecule has 1 nitrogen and oxygen atoms in total. The van der Waals surface area contributed by atoms with Crippen molar-refractivity contribution in [1.82, 2.24) is 0 Å². The van der Waals surface area contributed by atoms with Crippen LogP contribution in [0.4, 0.5) is 0 Å². The summed E-state index contributed by atoms with van der Waals surface area (Å²) >= 11 is 17.8. The zero-order chi connectivity index (χ0) is 13.8. The SMILES string of the molecule is OC(CCc1ccc(Cl)cc1Cl)c1ccc(Cl)cc1. The van der Waals surface area contributed by atoms with Crippen LogP contribution in [0.25, 0.3) is 0 Å². The van der Waals surface area contributed by atoms with E-state index in [4.69, 9.17) is 34.8 Å². The van der Waals surface area contributed by atoms with Crippen LogP contribution >= 0.6 is 34.8 Å². The summed E-state index contributed by atoms with van der Waals surface area (Å²) in [5.41, 5.74) is 1.84. The van der Waals surface area contributed by atoms with E-state index < -0.39 is 6.10 Å². The van der Waals surface area contributed by atoms with Gasteiger partial charge in [0.15, 0.2) is 0 Å². The maximum absolute atomic E-state index is 10.1. The van der Waals surface area contributed by atoms with Crippen molar-refractivity contribution in [3.05, 3.63) is 68.7 Å². The van der Waals surface area contributed by atoms with Gasteiger partial charge in [0.1, 0.15) is 0 Å². The highest BCUT2D eigenvalue weighted by molar-refractivity contribution is 6.35. The van der Waals surface area contributed by atoms with E-state index in [1.54, 1.807) is 24.3 Å². The number of aryl methyl sites for hydroxylation is 1. The fraction of sp³-hybridized carbons (Fsp3) is 0.200. The van der Waals surface area contributed by atoms with E-state index in [9.17, 15) is 5.11 Å². The van der Waals surface area contributed by atoms with Crippen LogP contribution in [0.1, 0.15) is 23.7 Å². The highest BCUT2D eigenvalue weighted by Gasteiger charge is 2.09. The lowest BCUT2D eigenvalue weighted by Gasteiger charge is -2.12. The minimum Gasteiger partial charge on any atom is -0.388 e. The molecule has 0 aliphatic heterocycles. The molecular formula is C15H13Cl3O. The molecule has 1 N–H and O–H groups in total. The Hall–Kier alpha value is -0.730. The molecule has 0 bridgehead atoms. The Labute approximate surface area is 127 Å². The van der Waals surface area contributed by atoms with Crippen LogP contribution in [0.15, 0.2) is 42.5 Å². The first-order chi connectivity index (χ1) is 9.06. The summed E-state index contributed by atoms with van der Waals surface area (Å²) in [4.78, 5) is 0. The maximum atomic E-state index is 10.1. The van der Waals surface area contributed by atoms with Gasteiger partial charge in [-0.2, -0.15) is 0 Å². The number of hydrogen-bond acceptors (Lipinski definition) is 1. The Balaban J connectivity index is 2.00. The van der Waals surface area contributed by atoms with Crippen LogP contribution in [0.5, 0.6) is 0 Å². The molecule has 0 aliphatic rings. The van der Waals surface area contributed by atoms with Gasteiger partial charge in [0, 0.05) is 15.1 Å². The van der Waals surface area contributed by atoms with Crippen molar-refractivity contribution in [3.63, 3.8) is 0 Å². The standard InChI is InChI=1S/C15H13Cl3O/c16-12-5-2-11(3-6-12)15(19)8-4-10-1-7-13(17)9-14(10)18/h1-3,5-7,9,15,19H,4,8H2. The third-order valence-electron chi connectivity index (χ3n) is 2.96. The molecule has 1 unspecified atom stereocenters. The Morgan fingerprint density at radius 2 is 1.53 bits per heavy atom. The molecule has 1 atom stereocenters. The van der Waals surface area contributed by atoms with Gasteiger partial charge >= 0.3 is 0 Å². The molecule has 0 saturated heterocycles. The topological polar surface area (TPSA) is 20.2 Å². The van der Waals surface area contributed by atoms with Crippen molar-refractivity contribution in [2.24, 2.45) is 0 Å². The highest BCUT2D eigenvalue weighted by atomic mass is 35.5. The van der Waals surface area contributed by atoms with E-state index in [0.29, 0.717) is 27.9 Å². The predicted octanol–water partition coefficient (Wildman–Crippen LogP) is 5.31. The van der Waals surface area contributed by atoms with Gasteiger partial charge in [-0.05, 0) is 48.2 Å². The van der Waals surface area contributed by atoms with Crippen LogP contribution in [-0.2, 0) is 6.42 Å². The van der Waals surface area contributed by atoms with E-state index in [1.807, 2.05) is 18.2 Å². The summed E-state index contributed by atoms with van der Waals surface area (Å²) in [6.45, 7) is 0. The molecule has 0 spiro atoms. The van der Waals surface area contributed by atoms with Gasteiger partial charge in [0.2, 0.25) is 0 Å². The number of hydrogen-bond donors (Lipinski definition) is 1. The molecule has 0 heterocycles. The van der Waals surface area contributed by atoms with Crippen molar-refractivity contribution in [2.45, 2.75) is 18.9 Å². The second-order valence-electron chi connectivity index (χ2n) is 4.34. The quantitative estimate of drug-likeness (QED) is 0.810. The molecule has 4 heteroatoms. The Bertz CT molecular complexity index is 552. The summed E-state index contributed by atoms with van der Waals surface area (Å²) < 4.78 is 0. The lowest BCUT2D eigenvalue weighted by Crippen LogP contribution is -1.99. The highest BCUT2D eigenvalue weighted by Crippen LogP contribution is 2.25. The van der Waals surface area contributed by atoms with Gasteiger partial charge in [-0.25, -0.2) is 0 Å². The molecule has 2 aromatic carbocycles. The smallest absolute Gasteiger partial charge is 0.0793 e. The van der Waals surface area contributed by atoms with Crippen LogP contribution in [0.2, 0.25) is 15.1 Å². The monoisotopic (exact) mass is 314 g/mol. The number of aliphatic hydroxyl groups is 1. The molecule has 0 fully saturated rings. The van der Waals surface area contributed by atoms with Crippen molar-refractivity contribution in [3.8, 4) is 0 Å². The van der Waals surface area contributed by atoms with Crippen LogP contribution < -0.4 is 0 Å². The molecule has 100 valence electrons. The van der Waals surface area contributed by atoms with Crippen LogP contribution in [0, 0.1) is 0 Å². The van der Waals surface area contributed by atoms with E-state index in [-0.39, 0.29) is 0 Å². The van der Waals surface area contributed by atoms with Crippen LogP contribution in [0.3, 0.4) is 0 Å². The fourth-order valence-corrected chi connectivity index (χ4v) is 2.50. The molecule has 0 radical (unpaired) electrons. The molecule has 2 rings (SSSR count). The lowest BCUT2D eigenvalue weighted by molar-refractivity contribution is 0.168. The first-order valence-electron chi connectivity index (χ1n) is 5.94. The first-order valence-corrected chi connectivity index (χ1v) is 7.07. The average molecular weight is 316 g/mol. The van der Waals surface area contributed by atoms with Gasteiger partial charge in [0.25, 0.3) is 0 Å². The van der Waals surface area contributed by atoms with Crippen LogP contribution in [-0.4, -0.2) is 5.11 Å². The maximum Gasteiger partial charge on any atom is 0.0793 e. The summed E-state index contributed by atoms with van der Waals surface area (Å²) in [6, 6.07) is 12.6. The van der Waals surface area contributed by atoms with Gasteiger partial charge in [-0.15, -0.1) is 0 Å². The molecule has 0 amide bonds.